The zero-order chi connectivity index (χ0) is 12.2. The van der Waals surface area contributed by atoms with Gasteiger partial charge >= 0.3 is 11.9 Å². The molecule has 0 N–H and O–H groups in total. The van der Waals surface area contributed by atoms with Crippen LogP contribution in [0.3, 0.4) is 0 Å². The maximum absolute atomic E-state index is 11.2. The molecule has 0 aromatic rings. The molecule has 0 saturated carbocycles. The monoisotopic (exact) mass is 208 g/mol. The third kappa shape index (κ3) is 3.72. The minimum absolute atomic E-state index is 0.0684. The number of ether oxygens (including phenoxy) is 1. The maximum Gasteiger partial charge on any atom is 0.349 e. The molecule has 0 aromatic carbocycles. The van der Waals surface area contributed by atoms with E-state index in [1.54, 1.807) is 0 Å². The Bertz CT molecular complexity index is 374. The van der Waals surface area contributed by atoms with E-state index < -0.39 is 23.3 Å². The van der Waals surface area contributed by atoms with Gasteiger partial charge in [-0.3, -0.25) is 4.79 Å². The molecule has 4 heteroatoms. The van der Waals surface area contributed by atoms with Gasteiger partial charge in [0.1, 0.15) is 5.57 Å². The minimum Gasteiger partial charge on any atom is -0.386 e. The van der Waals surface area contributed by atoms with Crippen molar-refractivity contribution < 1.29 is 19.1 Å². The van der Waals surface area contributed by atoms with Gasteiger partial charge in [0.25, 0.3) is 0 Å². The van der Waals surface area contributed by atoms with Crippen LogP contribution >= 0.6 is 0 Å². The Morgan fingerprint density at radius 2 is 1.33 bits per heavy atom. The minimum atomic E-state index is -1.07. The molecule has 0 amide bonds. The molecule has 0 aliphatic rings. The van der Waals surface area contributed by atoms with Gasteiger partial charge in [0.15, 0.2) is 5.78 Å². The van der Waals surface area contributed by atoms with Gasteiger partial charge in [0, 0.05) is 5.57 Å². The highest BCUT2D eigenvalue weighted by Crippen LogP contribution is 2.05. The largest absolute Gasteiger partial charge is 0.386 e. The number of ketones is 1. The van der Waals surface area contributed by atoms with Crippen LogP contribution in [0.5, 0.6) is 0 Å². The van der Waals surface area contributed by atoms with Gasteiger partial charge in [-0.2, -0.15) is 0 Å². The zero-order valence-electron chi connectivity index (χ0n) is 8.75. The Balaban J connectivity index is 4.55. The quantitative estimate of drug-likeness (QED) is 0.302. The van der Waals surface area contributed by atoms with Crippen molar-refractivity contribution in [1.29, 1.82) is 0 Å². The van der Waals surface area contributed by atoms with Gasteiger partial charge < -0.3 is 4.74 Å². The molecule has 0 aliphatic heterocycles. The van der Waals surface area contributed by atoms with Crippen molar-refractivity contribution in [2.24, 2.45) is 0 Å². The number of esters is 2. The maximum atomic E-state index is 11.2. The molecule has 4 nitrogen and oxygen atoms in total. The molecule has 0 saturated heterocycles. The molecule has 80 valence electrons. The summed E-state index contributed by atoms with van der Waals surface area (Å²) in [7, 11) is 0. The summed E-state index contributed by atoms with van der Waals surface area (Å²) in [6, 6.07) is 0. The second-order valence-electron chi connectivity index (χ2n) is 3.05. The molecule has 0 rings (SSSR count). The van der Waals surface area contributed by atoms with Crippen molar-refractivity contribution in [2.45, 2.75) is 13.8 Å². The second-order valence-corrected chi connectivity index (χ2v) is 3.05. The van der Waals surface area contributed by atoms with Crippen LogP contribution in [0.2, 0.25) is 0 Å². The number of hydrogen-bond donors (Lipinski definition) is 0. The van der Waals surface area contributed by atoms with E-state index in [9.17, 15) is 14.4 Å². The zero-order valence-corrected chi connectivity index (χ0v) is 8.75. The molecule has 15 heavy (non-hydrogen) atoms. The van der Waals surface area contributed by atoms with Crippen LogP contribution in [0.1, 0.15) is 13.8 Å². The van der Waals surface area contributed by atoms with E-state index in [-0.39, 0.29) is 11.1 Å². The highest BCUT2D eigenvalue weighted by Gasteiger charge is 2.20. The van der Waals surface area contributed by atoms with Gasteiger partial charge in [-0.05, 0) is 19.4 Å². The number of Topliss-reactive ketones (excluding diaryl/α,β-unsaturated/α-hetero) is 1. The molecule has 0 unspecified atom stereocenters. The molecule has 0 radical (unpaired) electrons. The summed E-state index contributed by atoms with van der Waals surface area (Å²) < 4.78 is 4.31. The lowest BCUT2D eigenvalue weighted by atomic mass is 10.1. The van der Waals surface area contributed by atoms with E-state index in [0.717, 1.165) is 0 Å². The Kier molecular flexibility index (Phi) is 4.38. The summed E-state index contributed by atoms with van der Waals surface area (Å²) in [5, 5.41) is 0. The number of rotatable bonds is 4. The summed E-state index contributed by atoms with van der Waals surface area (Å²) in [6.45, 7) is 12.7. The third-order valence-corrected chi connectivity index (χ3v) is 1.44. The van der Waals surface area contributed by atoms with Crippen molar-refractivity contribution in [2.75, 3.05) is 0 Å². The predicted octanol–water partition coefficient (Wildman–Crippen LogP) is 1.33. The Morgan fingerprint density at radius 3 is 1.67 bits per heavy atom. The summed E-state index contributed by atoms with van der Waals surface area (Å²) in [4.78, 5) is 33.3. The van der Waals surface area contributed by atoms with Crippen LogP contribution in [-0.4, -0.2) is 17.7 Å². The average molecular weight is 208 g/mol. The van der Waals surface area contributed by atoms with Crippen LogP contribution in [0, 0.1) is 0 Å². The fourth-order valence-corrected chi connectivity index (χ4v) is 0.583. The fraction of sp³-hybridized carbons (Fsp3) is 0.182. The topological polar surface area (TPSA) is 60.4 Å². The molecular weight excluding hydrogens is 196 g/mol. The van der Waals surface area contributed by atoms with Crippen LogP contribution in [0.4, 0.5) is 0 Å². The lowest BCUT2D eigenvalue weighted by Crippen LogP contribution is -2.19. The molecule has 0 aliphatic carbocycles. The summed E-state index contributed by atoms with van der Waals surface area (Å²) in [6.07, 6.45) is 0. The van der Waals surface area contributed by atoms with Gasteiger partial charge in [-0.1, -0.05) is 19.7 Å². The first-order valence-electron chi connectivity index (χ1n) is 4.08. The summed E-state index contributed by atoms with van der Waals surface area (Å²) in [5.41, 5.74) is -0.198. The van der Waals surface area contributed by atoms with Crippen molar-refractivity contribution in [3.63, 3.8) is 0 Å². The second kappa shape index (κ2) is 5.05. The lowest BCUT2D eigenvalue weighted by molar-refractivity contribution is -0.154. The Morgan fingerprint density at radius 1 is 0.867 bits per heavy atom. The van der Waals surface area contributed by atoms with Crippen LogP contribution in [0.25, 0.3) is 0 Å². The normalized spacial score (nSPS) is 8.93. The molecule has 0 aromatic heterocycles. The van der Waals surface area contributed by atoms with Crippen molar-refractivity contribution >= 4 is 17.7 Å². The molecule has 0 fully saturated rings. The lowest BCUT2D eigenvalue weighted by Gasteiger charge is -2.03. The SMILES string of the molecule is C=C(C)C(=O)OC(=O)C(=C)C(=O)C(=C)C. The van der Waals surface area contributed by atoms with Gasteiger partial charge in [-0.15, -0.1) is 0 Å². The van der Waals surface area contributed by atoms with E-state index in [4.69, 9.17) is 0 Å². The average Bonchev–Trinajstić information content (AvgIpc) is 2.14. The van der Waals surface area contributed by atoms with Crippen molar-refractivity contribution in [1.82, 2.24) is 0 Å². The highest BCUT2D eigenvalue weighted by atomic mass is 16.6. The number of hydrogen-bond acceptors (Lipinski definition) is 4. The Hall–Kier alpha value is -1.97. The molecular formula is C11H12O4. The number of carbonyl (C=O) groups is 3. The first-order valence-corrected chi connectivity index (χ1v) is 4.08. The predicted molar refractivity (Wildman–Crippen MR) is 54.9 cm³/mol. The molecule has 0 bridgehead atoms. The standard InChI is InChI=1S/C11H12O4/c1-6(2)9(12)8(5)11(14)15-10(13)7(3)4/h1,3,5H2,2,4H3. The van der Waals surface area contributed by atoms with Crippen LogP contribution < -0.4 is 0 Å². The first-order chi connectivity index (χ1) is 6.77. The van der Waals surface area contributed by atoms with Crippen LogP contribution in [0.15, 0.2) is 36.5 Å². The molecule has 0 atom stereocenters. The van der Waals surface area contributed by atoms with Gasteiger partial charge in [0.05, 0.1) is 0 Å². The van der Waals surface area contributed by atoms with E-state index in [1.807, 2.05) is 0 Å². The van der Waals surface area contributed by atoms with E-state index in [0.29, 0.717) is 0 Å². The van der Waals surface area contributed by atoms with Gasteiger partial charge in [-0.25, -0.2) is 9.59 Å². The molecule has 0 heterocycles. The van der Waals surface area contributed by atoms with E-state index >= 15 is 0 Å². The Labute approximate surface area is 87.9 Å². The first kappa shape index (κ1) is 13.0. The van der Waals surface area contributed by atoms with E-state index in [2.05, 4.69) is 24.5 Å². The number of carbonyl (C=O) groups excluding carboxylic acids is 3. The third-order valence-electron chi connectivity index (χ3n) is 1.44. The van der Waals surface area contributed by atoms with Crippen LogP contribution in [-0.2, 0) is 19.1 Å². The van der Waals surface area contributed by atoms with Crippen molar-refractivity contribution in [3.05, 3.63) is 36.5 Å². The van der Waals surface area contributed by atoms with Gasteiger partial charge in [0.2, 0.25) is 0 Å². The fourth-order valence-electron chi connectivity index (χ4n) is 0.583. The number of allylic oxidation sites excluding steroid dienone is 1. The summed E-state index contributed by atoms with van der Waals surface area (Å²) in [5.74, 6) is -2.58. The summed E-state index contributed by atoms with van der Waals surface area (Å²) >= 11 is 0. The molecule has 0 spiro atoms. The smallest absolute Gasteiger partial charge is 0.349 e. The van der Waals surface area contributed by atoms with E-state index in [1.165, 1.54) is 13.8 Å². The highest BCUT2D eigenvalue weighted by molar-refractivity contribution is 6.24. The van der Waals surface area contributed by atoms with Crippen molar-refractivity contribution in [3.8, 4) is 0 Å².